The first-order valence-electron chi connectivity index (χ1n) is 5.90. The van der Waals surface area contributed by atoms with Crippen LogP contribution in [0.15, 0.2) is 43.0 Å². The van der Waals surface area contributed by atoms with Crippen LogP contribution in [0.5, 0.6) is 0 Å². The van der Waals surface area contributed by atoms with Crippen molar-refractivity contribution < 1.29 is 0 Å². The molecule has 0 atom stereocenters. The average molecular weight is 230 g/mol. The minimum absolute atomic E-state index is 0.799. The van der Waals surface area contributed by atoms with Crippen LogP contribution in [0.4, 0.5) is 11.4 Å². The molecule has 1 heterocycles. The van der Waals surface area contributed by atoms with Gasteiger partial charge < -0.3 is 15.6 Å². The third-order valence-electron chi connectivity index (χ3n) is 2.62. The van der Waals surface area contributed by atoms with Gasteiger partial charge in [-0.15, -0.1) is 0 Å². The standard InChI is InChI=1S/C13H18N4/c14-12-4-3-5-13(10-12)16-6-1-2-8-17-9-7-15-11-17/h3-5,7,9-11,16H,1-2,6,8,14H2. The monoisotopic (exact) mass is 230 g/mol. The lowest BCUT2D eigenvalue weighted by atomic mass is 10.2. The summed E-state index contributed by atoms with van der Waals surface area (Å²) in [5.74, 6) is 0. The number of rotatable bonds is 6. The number of nitrogen functional groups attached to an aromatic ring is 1. The second kappa shape index (κ2) is 5.94. The van der Waals surface area contributed by atoms with Gasteiger partial charge in [-0.2, -0.15) is 0 Å². The van der Waals surface area contributed by atoms with Crippen molar-refractivity contribution in [2.24, 2.45) is 0 Å². The normalized spacial score (nSPS) is 10.4. The van der Waals surface area contributed by atoms with Crippen molar-refractivity contribution in [3.8, 4) is 0 Å². The van der Waals surface area contributed by atoms with Gasteiger partial charge in [0.15, 0.2) is 0 Å². The average Bonchev–Trinajstić information content (AvgIpc) is 2.82. The van der Waals surface area contributed by atoms with Crippen LogP contribution >= 0.6 is 0 Å². The molecule has 4 nitrogen and oxygen atoms in total. The molecule has 0 amide bonds. The van der Waals surface area contributed by atoms with Crippen molar-refractivity contribution in [1.82, 2.24) is 9.55 Å². The number of aromatic nitrogens is 2. The molecule has 0 aliphatic carbocycles. The molecule has 2 aromatic rings. The number of anilines is 2. The van der Waals surface area contributed by atoms with E-state index in [1.807, 2.05) is 43.0 Å². The molecule has 0 radical (unpaired) electrons. The smallest absolute Gasteiger partial charge is 0.0945 e. The van der Waals surface area contributed by atoms with E-state index in [0.717, 1.165) is 37.3 Å². The highest BCUT2D eigenvalue weighted by Crippen LogP contribution is 2.11. The molecule has 4 heteroatoms. The summed E-state index contributed by atoms with van der Waals surface area (Å²) in [5, 5.41) is 3.36. The quantitative estimate of drug-likeness (QED) is 0.591. The van der Waals surface area contributed by atoms with Crippen molar-refractivity contribution in [2.45, 2.75) is 19.4 Å². The van der Waals surface area contributed by atoms with E-state index in [1.54, 1.807) is 0 Å². The number of benzene rings is 1. The maximum absolute atomic E-state index is 5.70. The fourth-order valence-corrected chi connectivity index (χ4v) is 1.72. The van der Waals surface area contributed by atoms with Gasteiger partial charge in [0.1, 0.15) is 0 Å². The summed E-state index contributed by atoms with van der Waals surface area (Å²) in [4.78, 5) is 4.01. The van der Waals surface area contributed by atoms with Gasteiger partial charge >= 0.3 is 0 Å². The largest absolute Gasteiger partial charge is 0.399 e. The van der Waals surface area contributed by atoms with E-state index in [9.17, 15) is 0 Å². The number of nitrogens with one attached hydrogen (secondary N) is 1. The minimum Gasteiger partial charge on any atom is -0.399 e. The summed E-state index contributed by atoms with van der Waals surface area (Å²) in [7, 11) is 0. The third-order valence-corrected chi connectivity index (χ3v) is 2.62. The van der Waals surface area contributed by atoms with Gasteiger partial charge in [-0.3, -0.25) is 0 Å². The number of hydrogen-bond donors (Lipinski definition) is 2. The van der Waals surface area contributed by atoms with Crippen LogP contribution < -0.4 is 11.1 Å². The van der Waals surface area contributed by atoms with Crippen molar-refractivity contribution in [1.29, 1.82) is 0 Å². The predicted molar refractivity (Wildman–Crippen MR) is 70.8 cm³/mol. The maximum Gasteiger partial charge on any atom is 0.0945 e. The first kappa shape index (κ1) is 11.5. The van der Waals surface area contributed by atoms with Crippen LogP contribution in [0.2, 0.25) is 0 Å². The molecule has 1 aromatic heterocycles. The molecular formula is C13H18N4. The van der Waals surface area contributed by atoms with Gasteiger partial charge in [0.05, 0.1) is 6.33 Å². The Balaban J connectivity index is 1.63. The van der Waals surface area contributed by atoms with Crippen molar-refractivity contribution in [3.05, 3.63) is 43.0 Å². The Morgan fingerprint density at radius 2 is 2.24 bits per heavy atom. The zero-order valence-corrected chi connectivity index (χ0v) is 9.84. The lowest BCUT2D eigenvalue weighted by Crippen LogP contribution is -2.03. The Labute approximate surface area is 101 Å². The van der Waals surface area contributed by atoms with Gasteiger partial charge in [0.2, 0.25) is 0 Å². The number of aryl methyl sites for hydroxylation is 1. The summed E-state index contributed by atoms with van der Waals surface area (Å²) in [6.45, 7) is 2.00. The summed E-state index contributed by atoms with van der Waals surface area (Å²) in [6.07, 6.45) is 7.93. The topological polar surface area (TPSA) is 55.9 Å². The van der Waals surface area contributed by atoms with E-state index in [-0.39, 0.29) is 0 Å². The zero-order valence-electron chi connectivity index (χ0n) is 9.84. The number of nitrogens with zero attached hydrogens (tertiary/aromatic N) is 2. The molecule has 0 saturated carbocycles. The molecule has 2 rings (SSSR count). The summed E-state index contributed by atoms with van der Waals surface area (Å²) >= 11 is 0. The molecule has 0 saturated heterocycles. The Hall–Kier alpha value is -1.97. The van der Waals surface area contributed by atoms with Crippen LogP contribution in [0.1, 0.15) is 12.8 Å². The predicted octanol–water partition coefficient (Wildman–Crippen LogP) is 2.36. The zero-order chi connectivity index (χ0) is 11.9. The number of unbranched alkanes of at least 4 members (excludes halogenated alkanes) is 1. The highest BCUT2D eigenvalue weighted by Gasteiger charge is 1.93. The van der Waals surface area contributed by atoms with E-state index in [1.165, 1.54) is 0 Å². The summed E-state index contributed by atoms with van der Waals surface area (Å²) in [6, 6.07) is 7.84. The van der Waals surface area contributed by atoms with E-state index in [2.05, 4.69) is 14.9 Å². The molecule has 0 bridgehead atoms. The molecule has 0 aliphatic rings. The van der Waals surface area contributed by atoms with Crippen LogP contribution in [-0.2, 0) is 6.54 Å². The lowest BCUT2D eigenvalue weighted by Gasteiger charge is -2.07. The van der Waals surface area contributed by atoms with Crippen LogP contribution in [0, 0.1) is 0 Å². The van der Waals surface area contributed by atoms with Crippen molar-refractivity contribution in [2.75, 3.05) is 17.6 Å². The van der Waals surface area contributed by atoms with Gasteiger partial charge in [-0.1, -0.05) is 6.07 Å². The molecule has 0 unspecified atom stereocenters. The minimum atomic E-state index is 0.799. The highest BCUT2D eigenvalue weighted by molar-refractivity contribution is 5.53. The third kappa shape index (κ3) is 3.83. The van der Waals surface area contributed by atoms with E-state index < -0.39 is 0 Å². The number of hydrogen-bond acceptors (Lipinski definition) is 3. The molecule has 3 N–H and O–H groups in total. The molecule has 0 fully saturated rings. The van der Waals surface area contributed by atoms with Crippen LogP contribution in [0.3, 0.4) is 0 Å². The molecule has 1 aromatic carbocycles. The molecule has 0 aliphatic heterocycles. The molecule has 90 valence electrons. The Kier molecular flexibility index (Phi) is 4.02. The Morgan fingerprint density at radius 1 is 1.29 bits per heavy atom. The van der Waals surface area contributed by atoms with Gasteiger partial charge in [-0.25, -0.2) is 4.98 Å². The van der Waals surface area contributed by atoms with Crippen molar-refractivity contribution >= 4 is 11.4 Å². The van der Waals surface area contributed by atoms with Gasteiger partial charge in [0, 0.05) is 36.9 Å². The molecule has 17 heavy (non-hydrogen) atoms. The van der Waals surface area contributed by atoms with Crippen LogP contribution in [0.25, 0.3) is 0 Å². The first-order valence-corrected chi connectivity index (χ1v) is 5.90. The number of nitrogens with two attached hydrogens (primary N) is 1. The van der Waals surface area contributed by atoms with Gasteiger partial charge in [-0.05, 0) is 31.0 Å². The second-order valence-electron chi connectivity index (χ2n) is 4.06. The van der Waals surface area contributed by atoms with Gasteiger partial charge in [0.25, 0.3) is 0 Å². The molecule has 0 spiro atoms. The summed E-state index contributed by atoms with van der Waals surface area (Å²) in [5.41, 5.74) is 7.59. The van der Waals surface area contributed by atoms with E-state index in [0.29, 0.717) is 0 Å². The van der Waals surface area contributed by atoms with E-state index in [4.69, 9.17) is 5.73 Å². The molecular weight excluding hydrogens is 212 g/mol. The Morgan fingerprint density at radius 3 is 3.00 bits per heavy atom. The number of imidazole rings is 1. The van der Waals surface area contributed by atoms with Crippen molar-refractivity contribution in [3.63, 3.8) is 0 Å². The first-order chi connectivity index (χ1) is 8.34. The highest BCUT2D eigenvalue weighted by atomic mass is 15.0. The second-order valence-corrected chi connectivity index (χ2v) is 4.06. The fraction of sp³-hybridized carbons (Fsp3) is 0.308. The summed E-state index contributed by atoms with van der Waals surface area (Å²) < 4.78 is 2.10. The fourth-order valence-electron chi connectivity index (χ4n) is 1.72. The van der Waals surface area contributed by atoms with E-state index >= 15 is 0 Å². The maximum atomic E-state index is 5.70. The SMILES string of the molecule is Nc1cccc(NCCCCn2ccnc2)c1. The Bertz CT molecular complexity index is 436. The van der Waals surface area contributed by atoms with Crippen LogP contribution in [-0.4, -0.2) is 16.1 Å². The lowest BCUT2D eigenvalue weighted by molar-refractivity contribution is 0.621.